The second-order valence-electron chi connectivity index (χ2n) is 5.35. The lowest BCUT2D eigenvalue weighted by molar-refractivity contribution is 0.330. The van der Waals surface area contributed by atoms with Gasteiger partial charge in [0.2, 0.25) is 0 Å². The van der Waals surface area contributed by atoms with Crippen LogP contribution in [0.25, 0.3) is 0 Å². The third-order valence-corrected chi connectivity index (χ3v) is 3.63. The molecule has 6 heteroatoms. The standard InChI is InChI=1S/C20H22FN3O2/c1-4-11-26-19-12-15(9-10-18(19)25-3)13-23-20(22-2)24-14-16-7-5-6-8-17(16)21/h1,5-10,12H,11,13-14H2,2-3H3,(H2,22,23,24). The van der Waals surface area contributed by atoms with E-state index in [0.717, 1.165) is 5.56 Å². The van der Waals surface area contributed by atoms with Crippen molar-refractivity contribution in [2.75, 3.05) is 20.8 Å². The predicted octanol–water partition coefficient (Wildman–Crippen LogP) is 2.71. The van der Waals surface area contributed by atoms with Gasteiger partial charge >= 0.3 is 0 Å². The van der Waals surface area contributed by atoms with Crippen molar-refractivity contribution < 1.29 is 13.9 Å². The van der Waals surface area contributed by atoms with Crippen molar-refractivity contribution in [2.24, 2.45) is 4.99 Å². The molecule has 2 aromatic carbocycles. The van der Waals surface area contributed by atoms with Gasteiger partial charge in [0.15, 0.2) is 17.5 Å². The van der Waals surface area contributed by atoms with Crippen LogP contribution in [-0.4, -0.2) is 26.7 Å². The Bertz CT molecular complexity index is 800. The van der Waals surface area contributed by atoms with E-state index in [1.807, 2.05) is 18.2 Å². The molecule has 0 atom stereocenters. The number of nitrogens with one attached hydrogen (secondary N) is 2. The fourth-order valence-corrected chi connectivity index (χ4v) is 2.29. The minimum atomic E-state index is -0.249. The summed E-state index contributed by atoms with van der Waals surface area (Å²) in [5.74, 6) is 3.94. The second kappa shape index (κ2) is 9.94. The van der Waals surface area contributed by atoms with E-state index in [4.69, 9.17) is 15.9 Å². The highest BCUT2D eigenvalue weighted by Gasteiger charge is 2.07. The minimum absolute atomic E-state index is 0.166. The Labute approximate surface area is 153 Å². The molecule has 0 radical (unpaired) electrons. The summed E-state index contributed by atoms with van der Waals surface area (Å²) in [5, 5.41) is 6.26. The average molecular weight is 355 g/mol. The number of nitrogens with zero attached hydrogens (tertiary/aromatic N) is 1. The maximum absolute atomic E-state index is 13.7. The third-order valence-electron chi connectivity index (χ3n) is 3.63. The highest BCUT2D eigenvalue weighted by Crippen LogP contribution is 2.27. The summed E-state index contributed by atoms with van der Waals surface area (Å²) in [7, 11) is 3.23. The maximum Gasteiger partial charge on any atom is 0.191 e. The Hall–Kier alpha value is -3.20. The van der Waals surface area contributed by atoms with Gasteiger partial charge in [-0.3, -0.25) is 4.99 Å². The molecule has 0 unspecified atom stereocenters. The van der Waals surface area contributed by atoms with Gasteiger partial charge in [-0.2, -0.15) is 0 Å². The number of hydrogen-bond acceptors (Lipinski definition) is 3. The Balaban J connectivity index is 1.95. The van der Waals surface area contributed by atoms with Crippen molar-refractivity contribution in [3.63, 3.8) is 0 Å². The quantitative estimate of drug-likeness (QED) is 0.456. The summed E-state index contributed by atoms with van der Waals surface area (Å²) in [5.41, 5.74) is 1.54. The summed E-state index contributed by atoms with van der Waals surface area (Å²) in [6.07, 6.45) is 5.24. The zero-order valence-corrected chi connectivity index (χ0v) is 14.9. The molecule has 2 aromatic rings. The fourth-order valence-electron chi connectivity index (χ4n) is 2.29. The van der Waals surface area contributed by atoms with Gasteiger partial charge in [-0.1, -0.05) is 30.2 Å². The number of terminal acetylenes is 1. The number of hydrogen-bond donors (Lipinski definition) is 2. The molecule has 0 aromatic heterocycles. The number of rotatable bonds is 7. The molecule has 136 valence electrons. The Kier molecular flexibility index (Phi) is 7.31. The topological polar surface area (TPSA) is 54.9 Å². The monoisotopic (exact) mass is 355 g/mol. The smallest absolute Gasteiger partial charge is 0.191 e. The van der Waals surface area contributed by atoms with Crippen LogP contribution >= 0.6 is 0 Å². The number of methoxy groups -OCH3 is 1. The van der Waals surface area contributed by atoms with Gasteiger partial charge in [-0.15, -0.1) is 6.42 Å². The van der Waals surface area contributed by atoms with Gasteiger partial charge < -0.3 is 20.1 Å². The van der Waals surface area contributed by atoms with E-state index >= 15 is 0 Å². The first-order valence-corrected chi connectivity index (χ1v) is 8.09. The van der Waals surface area contributed by atoms with Crippen molar-refractivity contribution in [3.05, 3.63) is 59.4 Å². The average Bonchev–Trinajstić information content (AvgIpc) is 2.67. The zero-order valence-electron chi connectivity index (χ0n) is 14.9. The maximum atomic E-state index is 13.7. The summed E-state index contributed by atoms with van der Waals surface area (Å²) >= 11 is 0. The molecule has 2 rings (SSSR count). The van der Waals surface area contributed by atoms with Crippen LogP contribution in [0, 0.1) is 18.2 Å². The van der Waals surface area contributed by atoms with Crippen LogP contribution < -0.4 is 20.1 Å². The van der Waals surface area contributed by atoms with Crippen molar-refractivity contribution in [1.29, 1.82) is 0 Å². The van der Waals surface area contributed by atoms with E-state index in [1.54, 1.807) is 32.4 Å². The minimum Gasteiger partial charge on any atom is -0.493 e. The SMILES string of the molecule is C#CCOc1cc(CNC(=NC)NCc2ccccc2F)ccc1OC. The Morgan fingerprint density at radius 1 is 1.15 bits per heavy atom. The van der Waals surface area contributed by atoms with Crippen LogP contribution in [0.3, 0.4) is 0 Å². The van der Waals surface area contributed by atoms with Crippen LogP contribution in [0.5, 0.6) is 11.5 Å². The molecule has 0 aliphatic carbocycles. The molecule has 0 aliphatic rings. The molecule has 26 heavy (non-hydrogen) atoms. The number of ether oxygens (including phenoxy) is 2. The molecule has 0 fully saturated rings. The van der Waals surface area contributed by atoms with Crippen LogP contribution in [0.4, 0.5) is 4.39 Å². The van der Waals surface area contributed by atoms with Gasteiger partial charge in [0.05, 0.1) is 7.11 Å². The van der Waals surface area contributed by atoms with Gasteiger partial charge in [-0.25, -0.2) is 4.39 Å². The lowest BCUT2D eigenvalue weighted by Crippen LogP contribution is -2.36. The molecule has 0 saturated heterocycles. The Morgan fingerprint density at radius 3 is 2.62 bits per heavy atom. The van der Waals surface area contributed by atoms with Gasteiger partial charge in [0.25, 0.3) is 0 Å². The zero-order chi connectivity index (χ0) is 18.8. The number of guanidine groups is 1. The van der Waals surface area contributed by atoms with Gasteiger partial charge in [0, 0.05) is 25.7 Å². The predicted molar refractivity (Wildman–Crippen MR) is 101 cm³/mol. The van der Waals surface area contributed by atoms with Gasteiger partial charge in [-0.05, 0) is 23.8 Å². The highest BCUT2D eigenvalue weighted by molar-refractivity contribution is 5.79. The lowest BCUT2D eigenvalue weighted by atomic mass is 10.2. The van der Waals surface area contributed by atoms with Gasteiger partial charge in [0.1, 0.15) is 12.4 Å². The lowest BCUT2D eigenvalue weighted by Gasteiger charge is -2.14. The first kappa shape index (κ1) is 19.1. The molecule has 0 heterocycles. The first-order valence-electron chi connectivity index (χ1n) is 8.09. The first-order chi connectivity index (χ1) is 12.7. The molecule has 0 aliphatic heterocycles. The normalized spacial score (nSPS) is 10.8. The molecular weight excluding hydrogens is 333 g/mol. The van der Waals surface area contributed by atoms with E-state index < -0.39 is 0 Å². The highest BCUT2D eigenvalue weighted by atomic mass is 19.1. The molecule has 0 spiro atoms. The number of benzene rings is 2. The van der Waals surface area contributed by atoms with Crippen LogP contribution in [0.1, 0.15) is 11.1 Å². The van der Waals surface area contributed by atoms with Crippen LogP contribution in [-0.2, 0) is 13.1 Å². The molecule has 5 nitrogen and oxygen atoms in total. The van der Waals surface area contributed by atoms with E-state index in [1.165, 1.54) is 6.07 Å². The summed E-state index contributed by atoms with van der Waals surface area (Å²) in [6.45, 7) is 1.01. The third kappa shape index (κ3) is 5.42. The summed E-state index contributed by atoms with van der Waals surface area (Å²) in [6, 6.07) is 12.2. The Morgan fingerprint density at radius 2 is 1.92 bits per heavy atom. The van der Waals surface area contributed by atoms with Crippen molar-refractivity contribution in [2.45, 2.75) is 13.1 Å². The number of aliphatic imine (C=N–C) groups is 1. The van der Waals surface area contributed by atoms with E-state index in [0.29, 0.717) is 36.1 Å². The van der Waals surface area contributed by atoms with Crippen molar-refractivity contribution in [1.82, 2.24) is 10.6 Å². The van der Waals surface area contributed by atoms with E-state index in [2.05, 4.69) is 21.5 Å². The molecular formula is C20H22FN3O2. The number of halogens is 1. The largest absolute Gasteiger partial charge is 0.493 e. The second-order valence-corrected chi connectivity index (χ2v) is 5.35. The molecule has 0 bridgehead atoms. The van der Waals surface area contributed by atoms with Crippen LogP contribution in [0.2, 0.25) is 0 Å². The van der Waals surface area contributed by atoms with Crippen molar-refractivity contribution >= 4 is 5.96 Å². The fraction of sp³-hybridized carbons (Fsp3) is 0.250. The van der Waals surface area contributed by atoms with Crippen LogP contribution in [0.15, 0.2) is 47.5 Å². The summed E-state index contributed by atoms with van der Waals surface area (Å²) in [4.78, 5) is 4.14. The summed E-state index contributed by atoms with van der Waals surface area (Å²) < 4.78 is 24.4. The van der Waals surface area contributed by atoms with E-state index in [-0.39, 0.29) is 12.4 Å². The molecule has 0 amide bonds. The molecule has 2 N–H and O–H groups in total. The van der Waals surface area contributed by atoms with E-state index in [9.17, 15) is 4.39 Å². The van der Waals surface area contributed by atoms with Crippen molar-refractivity contribution in [3.8, 4) is 23.8 Å². The molecule has 0 saturated carbocycles.